The first-order chi connectivity index (χ1) is 17.2. The smallest absolute Gasteiger partial charge is 0.326 e. The number of amides is 1. The van der Waals surface area contributed by atoms with Crippen molar-refractivity contribution in [3.8, 4) is 0 Å². The molecule has 0 saturated carbocycles. The normalized spacial score (nSPS) is 11.7. The van der Waals surface area contributed by atoms with Crippen molar-refractivity contribution < 1.29 is 29.2 Å². The third-order valence-electron chi connectivity index (χ3n) is 4.36. The van der Waals surface area contributed by atoms with Gasteiger partial charge >= 0.3 is 11.9 Å². The van der Waals surface area contributed by atoms with E-state index in [1.807, 2.05) is 21.1 Å². The molecule has 1 aromatic carbocycles. The van der Waals surface area contributed by atoms with E-state index in [-0.39, 0.29) is 42.1 Å². The second kappa shape index (κ2) is 12.4. The van der Waals surface area contributed by atoms with E-state index in [1.54, 1.807) is 12.1 Å². The van der Waals surface area contributed by atoms with Gasteiger partial charge in [-0.15, -0.1) is 0 Å². The van der Waals surface area contributed by atoms with Gasteiger partial charge in [-0.2, -0.15) is 10.8 Å². The molecule has 37 heavy (non-hydrogen) atoms. The van der Waals surface area contributed by atoms with Crippen molar-refractivity contribution in [1.29, 1.82) is 0 Å². The Morgan fingerprint density at radius 2 is 1.73 bits per heavy atom. The summed E-state index contributed by atoms with van der Waals surface area (Å²) >= 11 is 0. The van der Waals surface area contributed by atoms with E-state index in [0.717, 1.165) is 0 Å². The van der Waals surface area contributed by atoms with Gasteiger partial charge in [0.2, 0.25) is 5.95 Å². The van der Waals surface area contributed by atoms with Crippen LogP contribution in [0, 0.1) is 0 Å². The number of anilines is 2. The largest absolute Gasteiger partial charge is 0.481 e. The van der Waals surface area contributed by atoms with Gasteiger partial charge < -0.3 is 26.6 Å². The number of carbonyl (C=O) groups excluding carboxylic acids is 1. The van der Waals surface area contributed by atoms with Gasteiger partial charge in [0.15, 0.2) is 11.2 Å². The lowest BCUT2D eigenvalue weighted by Gasteiger charge is -2.14. The number of quaternary nitrogens is 1. The van der Waals surface area contributed by atoms with Crippen LogP contribution in [0.5, 0.6) is 0 Å². The topological polar surface area (TPSA) is 239 Å². The molecule has 198 valence electrons. The van der Waals surface area contributed by atoms with Crippen LogP contribution < -0.4 is 27.8 Å². The maximum Gasteiger partial charge on any atom is 0.326 e. The van der Waals surface area contributed by atoms with E-state index in [0.29, 0.717) is 16.0 Å². The number of fused-ring (bicyclic) bond motifs is 1. The summed E-state index contributed by atoms with van der Waals surface area (Å²) in [4.78, 5) is 60.6. The van der Waals surface area contributed by atoms with Crippen LogP contribution in [0.2, 0.25) is 0 Å². The second-order valence-electron chi connectivity index (χ2n) is 8.83. The number of nitrogen functional groups attached to an aromatic ring is 1. The van der Waals surface area contributed by atoms with Gasteiger partial charge in [0.05, 0.1) is 39.6 Å². The molecule has 1 atom stereocenters. The van der Waals surface area contributed by atoms with Gasteiger partial charge in [-0.25, -0.2) is 14.8 Å². The van der Waals surface area contributed by atoms with Gasteiger partial charge in [-0.3, -0.25) is 24.0 Å². The van der Waals surface area contributed by atoms with Crippen LogP contribution in [0.25, 0.3) is 11.2 Å². The number of benzene rings is 1. The quantitative estimate of drug-likeness (QED) is 0.108. The van der Waals surface area contributed by atoms with Crippen LogP contribution in [0.3, 0.4) is 0 Å². The second-order valence-corrected chi connectivity index (χ2v) is 8.83. The minimum atomic E-state index is -1.31. The molecule has 3 aromatic rings. The number of carbonyl (C=O) groups is 3. The molecule has 15 heteroatoms. The van der Waals surface area contributed by atoms with Gasteiger partial charge in [-0.05, 0) is 30.7 Å². The van der Waals surface area contributed by atoms with E-state index < -0.39 is 29.4 Å². The minimum Gasteiger partial charge on any atom is -0.481 e. The lowest BCUT2D eigenvalue weighted by atomic mass is 10.1. The molecule has 0 aliphatic heterocycles. The van der Waals surface area contributed by atoms with Gasteiger partial charge in [0, 0.05) is 17.7 Å². The molecule has 1 unspecified atom stereocenters. The number of aromatic nitrogens is 4. The summed E-state index contributed by atoms with van der Waals surface area (Å²) < 4.78 is 0.500. The zero-order valence-electron chi connectivity index (χ0n) is 20.6. The zero-order valence-corrected chi connectivity index (χ0v) is 20.6. The number of aromatic amines is 1. The Hall–Kier alpha value is -4.63. The van der Waals surface area contributed by atoms with Crippen LogP contribution in [-0.4, -0.2) is 79.8 Å². The van der Waals surface area contributed by atoms with Crippen molar-refractivity contribution >= 4 is 40.6 Å². The highest BCUT2D eigenvalue weighted by atomic mass is 16.4. The molecular weight excluding hydrogens is 486 g/mol. The summed E-state index contributed by atoms with van der Waals surface area (Å²) in [5, 5.41) is 23.2. The van der Waals surface area contributed by atoms with Crippen molar-refractivity contribution in [3.63, 3.8) is 0 Å². The van der Waals surface area contributed by atoms with E-state index in [9.17, 15) is 19.2 Å². The first kappa shape index (κ1) is 28.6. The van der Waals surface area contributed by atoms with E-state index >= 15 is 0 Å². The molecule has 2 aromatic heterocycles. The van der Waals surface area contributed by atoms with Crippen molar-refractivity contribution in [2.75, 3.05) is 32.2 Å². The van der Waals surface area contributed by atoms with E-state index in [4.69, 9.17) is 21.8 Å². The van der Waals surface area contributed by atoms with Gasteiger partial charge in [-0.1, -0.05) is 0 Å². The minimum absolute atomic E-state index is 0.0524. The average Bonchev–Trinajstić information content (AvgIpc) is 2.79. The zero-order chi connectivity index (χ0) is 27.8. The van der Waals surface area contributed by atoms with E-state index in [1.165, 1.54) is 18.3 Å². The predicted molar refractivity (Wildman–Crippen MR) is 134 cm³/mol. The maximum atomic E-state index is 12.3. The van der Waals surface area contributed by atoms with Crippen LogP contribution in [0.15, 0.2) is 35.3 Å². The van der Waals surface area contributed by atoms with Gasteiger partial charge in [0.25, 0.3) is 11.5 Å². The first-order valence-electron chi connectivity index (χ1n) is 10.9. The fourth-order valence-corrected chi connectivity index (χ4v) is 2.75. The Morgan fingerprint density at radius 3 is 2.30 bits per heavy atom. The predicted octanol–water partition coefficient (Wildman–Crippen LogP) is -0.478. The molecule has 1 amide bonds. The molecule has 9 N–H and O–H groups in total. The van der Waals surface area contributed by atoms with Crippen molar-refractivity contribution in [2.45, 2.75) is 25.4 Å². The highest BCUT2D eigenvalue weighted by molar-refractivity contribution is 5.96. The van der Waals surface area contributed by atoms with Crippen LogP contribution in [0.4, 0.5) is 11.6 Å². The molecule has 0 aliphatic carbocycles. The monoisotopic (exact) mass is 516 g/mol. The van der Waals surface area contributed by atoms with E-state index in [2.05, 4.69) is 30.6 Å². The third kappa shape index (κ3) is 9.87. The summed E-state index contributed by atoms with van der Waals surface area (Å²) in [5.74, 6) is 2.14. The number of rotatable bonds is 9. The number of nitrogens with two attached hydrogens (primary N) is 2. The standard InChI is InChI=1S/C19H19N7O6.C3H11N2/c20-19-25-15-14(17(30)26-19)23-11(8-22-15)7-21-10-3-1-9(2-4-10)16(29)24-12(18(31)32)5-6-13(27)28;1-5(2,3)4/h1-4,8,12,21H,5-7H2,(H,24,29)(H,27,28)(H,31,32)(H3,20,22,25,26,30);4H2,1-3H3/q;+1. The Balaban J connectivity index is 0.000000877. The molecule has 15 nitrogen and oxygen atoms in total. The molecule has 3 rings (SSSR count). The highest BCUT2D eigenvalue weighted by Gasteiger charge is 2.21. The van der Waals surface area contributed by atoms with Crippen LogP contribution in [0.1, 0.15) is 28.9 Å². The van der Waals surface area contributed by atoms with Crippen molar-refractivity contribution in [1.82, 2.24) is 25.3 Å². The Labute approximate surface area is 211 Å². The molecule has 0 spiro atoms. The molecule has 0 bridgehead atoms. The Bertz CT molecular complexity index is 1310. The average molecular weight is 517 g/mol. The summed E-state index contributed by atoms with van der Waals surface area (Å²) in [5.41, 5.74) is 6.47. The number of carboxylic acids is 2. The molecule has 0 saturated heterocycles. The van der Waals surface area contributed by atoms with Crippen molar-refractivity contribution in [3.05, 3.63) is 52.1 Å². The molecular formula is C22H30N9O6+. The van der Waals surface area contributed by atoms with Gasteiger partial charge in [0.1, 0.15) is 6.04 Å². The number of aliphatic carboxylic acids is 2. The molecule has 0 aliphatic rings. The molecule has 0 fully saturated rings. The maximum absolute atomic E-state index is 12.3. The number of carboxylic acid groups (broad SMARTS) is 2. The number of hydrogen-bond acceptors (Lipinski definition) is 10. The highest BCUT2D eigenvalue weighted by Crippen LogP contribution is 2.12. The van der Waals surface area contributed by atoms with Crippen LogP contribution >= 0.6 is 0 Å². The summed E-state index contributed by atoms with van der Waals surface area (Å²) in [6.45, 7) is 0.231. The van der Waals surface area contributed by atoms with Crippen molar-refractivity contribution in [2.24, 2.45) is 5.84 Å². The number of nitrogens with one attached hydrogen (secondary N) is 3. The number of hydrogen-bond donors (Lipinski definition) is 7. The Morgan fingerprint density at radius 1 is 1.11 bits per heavy atom. The summed E-state index contributed by atoms with van der Waals surface area (Å²) in [7, 11) is 5.71. The fourth-order valence-electron chi connectivity index (χ4n) is 2.75. The lowest BCUT2D eigenvalue weighted by Crippen LogP contribution is -2.41. The summed E-state index contributed by atoms with van der Waals surface area (Å²) in [6, 6.07) is 4.86. The summed E-state index contributed by atoms with van der Waals surface area (Å²) in [6.07, 6.45) is 0.840. The molecule has 0 radical (unpaired) electrons. The first-order valence-corrected chi connectivity index (χ1v) is 10.9. The fraction of sp³-hybridized carbons (Fsp3) is 0.318. The number of H-pyrrole nitrogens is 1. The SMILES string of the molecule is C[N+](C)(C)N.Nc1nc2ncc(CNc3ccc(C(=O)NC(CCC(=O)O)C(=O)O)cc3)nc2c(=O)[nH]1. The lowest BCUT2D eigenvalue weighted by molar-refractivity contribution is -0.882. The van der Waals surface area contributed by atoms with Crippen LogP contribution in [-0.2, 0) is 16.1 Å². The number of nitrogens with zero attached hydrogens (tertiary/aromatic N) is 4. The Kier molecular flexibility index (Phi) is 9.56. The third-order valence-corrected chi connectivity index (χ3v) is 4.36. The molecule has 2 heterocycles.